The van der Waals surface area contributed by atoms with Gasteiger partial charge in [-0.2, -0.15) is 0 Å². The van der Waals surface area contributed by atoms with Crippen molar-refractivity contribution in [3.05, 3.63) is 18.0 Å². The van der Waals surface area contributed by atoms with Crippen LogP contribution in [0.15, 0.2) is 12.3 Å². The predicted octanol–water partition coefficient (Wildman–Crippen LogP) is -0.0183. The van der Waals surface area contributed by atoms with Crippen molar-refractivity contribution >= 4 is 18.3 Å². The summed E-state index contributed by atoms with van der Waals surface area (Å²) in [6, 6.07) is 1.62. The average Bonchev–Trinajstić information content (AvgIpc) is 3.13. The molecule has 8 heteroatoms. The fraction of sp³-hybridized carbons (Fsp3) is 0.600. The molecule has 1 unspecified atom stereocenters. The summed E-state index contributed by atoms with van der Waals surface area (Å²) in [7, 11) is 0. The fourth-order valence-corrected chi connectivity index (χ4v) is 2.77. The van der Waals surface area contributed by atoms with Crippen LogP contribution in [0, 0.1) is 0 Å². The number of piperazine rings is 1. The van der Waals surface area contributed by atoms with Crippen LogP contribution in [0.1, 0.15) is 23.3 Å². The zero-order valence-electron chi connectivity index (χ0n) is 13.0. The molecule has 0 aromatic carbocycles. The van der Waals surface area contributed by atoms with Gasteiger partial charge in [0.2, 0.25) is 12.4 Å². The van der Waals surface area contributed by atoms with E-state index in [-0.39, 0.29) is 12.0 Å². The minimum Gasteiger partial charge on any atom is -0.376 e. The number of nitrogens with one attached hydrogen (secondary N) is 1. The molecule has 0 bridgehead atoms. The third-order valence-electron chi connectivity index (χ3n) is 4.14. The van der Waals surface area contributed by atoms with E-state index in [0.717, 1.165) is 25.9 Å². The Labute approximate surface area is 134 Å². The van der Waals surface area contributed by atoms with Crippen molar-refractivity contribution in [2.24, 2.45) is 0 Å². The highest BCUT2D eigenvalue weighted by atomic mass is 16.5. The zero-order valence-corrected chi connectivity index (χ0v) is 13.0. The molecule has 1 N–H and O–H groups in total. The van der Waals surface area contributed by atoms with Gasteiger partial charge >= 0.3 is 0 Å². The molecule has 1 aromatic rings. The summed E-state index contributed by atoms with van der Waals surface area (Å²) >= 11 is 0. The number of ether oxygens (including phenoxy) is 1. The number of carbonyl (C=O) groups excluding carboxylic acids is 2. The lowest BCUT2D eigenvalue weighted by Gasteiger charge is -2.32. The van der Waals surface area contributed by atoms with Gasteiger partial charge in [-0.25, -0.2) is 9.97 Å². The molecule has 8 nitrogen and oxygen atoms in total. The van der Waals surface area contributed by atoms with Gasteiger partial charge in [-0.3, -0.25) is 9.59 Å². The first-order valence-corrected chi connectivity index (χ1v) is 7.93. The van der Waals surface area contributed by atoms with Crippen molar-refractivity contribution in [3.8, 4) is 0 Å². The van der Waals surface area contributed by atoms with E-state index in [9.17, 15) is 9.59 Å². The first-order valence-electron chi connectivity index (χ1n) is 7.93. The number of hydrogen-bond acceptors (Lipinski definition) is 6. The van der Waals surface area contributed by atoms with Crippen LogP contribution < -0.4 is 5.32 Å². The molecule has 0 aliphatic carbocycles. The molecule has 3 heterocycles. The summed E-state index contributed by atoms with van der Waals surface area (Å²) < 4.78 is 5.54. The maximum absolute atomic E-state index is 12.5. The monoisotopic (exact) mass is 319 g/mol. The van der Waals surface area contributed by atoms with Crippen LogP contribution in [0.3, 0.4) is 0 Å². The molecule has 2 fully saturated rings. The smallest absolute Gasteiger partial charge is 0.272 e. The lowest BCUT2D eigenvalue weighted by Crippen LogP contribution is -2.48. The molecule has 1 atom stereocenters. The molecule has 2 aliphatic rings. The Morgan fingerprint density at radius 1 is 1.39 bits per heavy atom. The molecule has 2 amide bonds. The van der Waals surface area contributed by atoms with Crippen molar-refractivity contribution in [2.45, 2.75) is 18.9 Å². The first-order chi connectivity index (χ1) is 11.3. The number of nitrogens with zero attached hydrogens (tertiary/aromatic N) is 4. The van der Waals surface area contributed by atoms with Gasteiger partial charge in [0.1, 0.15) is 5.69 Å². The highest BCUT2D eigenvalue weighted by Crippen LogP contribution is 2.13. The van der Waals surface area contributed by atoms with E-state index in [1.165, 1.54) is 0 Å². The number of aromatic nitrogens is 2. The minimum absolute atomic E-state index is 0.127. The summed E-state index contributed by atoms with van der Waals surface area (Å²) in [6.07, 6.45) is 4.71. The van der Waals surface area contributed by atoms with Crippen molar-refractivity contribution in [3.63, 3.8) is 0 Å². The van der Waals surface area contributed by atoms with Crippen LogP contribution in [0.5, 0.6) is 0 Å². The highest BCUT2D eigenvalue weighted by Gasteiger charge is 2.22. The lowest BCUT2D eigenvalue weighted by molar-refractivity contribution is -0.119. The van der Waals surface area contributed by atoms with Crippen LogP contribution in [0.4, 0.5) is 5.95 Å². The van der Waals surface area contributed by atoms with Gasteiger partial charge in [0.25, 0.3) is 5.91 Å². The summed E-state index contributed by atoms with van der Waals surface area (Å²) in [5.74, 6) is 0.316. The Kier molecular flexibility index (Phi) is 5.02. The molecular weight excluding hydrogens is 298 g/mol. The second kappa shape index (κ2) is 7.36. The number of rotatable bonds is 5. The van der Waals surface area contributed by atoms with Crippen LogP contribution in [0.2, 0.25) is 0 Å². The second-order valence-electron chi connectivity index (χ2n) is 5.71. The maximum atomic E-state index is 12.5. The molecule has 2 saturated heterocycles. The Bertz CT molecular complexity index is 554. The van der Waals surface area contributed by atoms with Crippen molar-refractivity contribution in [1.29, 1.82) is 0 Å². The molecule has 23 heavy (non-hydrogen) atoms. The standard InChI is InChI=1S/C15H21N5O3/c21-11-19-5-7-20(8-6-19)14(22)13-3-4-16-15(18-13)17-10-12-2-1-9-23-12/h3-4,11-12H,1-2,5-10H2,(H,16,17,18). The van der Waals surface area contributed by atoms with Crippen molar-refractivity contribution in [2.75, 3.05) is 44.6 Å². The Morgan fingerprint density at radius 3 is 2.91 bits per heavy atom. The summed E-state index contributed by atoms with van der Waals surface area (Å²) in [5, 5.41) is 3.13. The normalized spacial score (nSPS) is 21.3. The topological polar surface area (TPSA) is 87.7 Å². The molecule has 0 radical (unpaired) electrons. The van der Waals surface area contributed by atoms with Crippen LogP contribution in [-0.4, -0.2) is 77.5 Å². The molecular formula is C15H21N5O3. The number of amides is 2. The zero-order chi connectivity index (χ0) is 16.1. The summed E-state index contributed by atoms with van der Waals surface area (Å²) in [5.41, 5.74) is 0.370. The fourth-order valence-electron chi connectivity index (χ4n) is 2.77. The van der Waals surface area contributed by atoms with Crippen LogP contribution >= 0.6 is 0 Å². The van der Waals surface area contributed by atoms with Crippen LogP contribution in [0.25, 0.3) is 0 Å². The van der Waals surface area contributed by atoms with Gasteiger partial charge < -0.3 is 19.9 Å². The van der Waals surface area contributed by atoms with E-state index in [1.54, 1.807) is 22.1 Å². The molecule has 0 spiro atoms. The molecule has 124 valence electrons. The molecule has 0 saturated carbocycles. The average molecular weight is 319 g/mol. The van der Waals surface area contributed by atoms with Gasteiger partial charge in [-0.1, -0.05) is 0 Å². The van der Waals surface area contributed by atoms with Gasteiger partial charge in [0, 0.05) is 45.5 Å². The van der Waals surface area contributed by atoms with E-state index in [0.29, 0.717) is 44.4 Å². The van der Waals surface area contributed by atoms with Gasteiger partial charge in [0.15, 0.2) is 0 Å². The summed E-state index contributed by atoms with van der Waals surface area (Å²) in [6.45, 7) is 3.63. The predicted molar refractivity (Wildman–Crippen MR) is 83.0 cm³/mol. The van der Waals surface area contributed by atoms with Gasteiger partial charge in [-0.05, 0) is 18.9 Å². The Hall–Kier alpha value is -2.22. The number of hydrogen-bond donors (Lipinski definition) is 1. The van der Waals surface area contributed by atoms with E-state index in [4.69, 9.17) is 4.74 Å². The highest BCUT2D eigenvalue weighted by molar-refractivity contribution is 5.92. The third kappa shape index (κ3) is 3.95. The lowest BCUT2D eigenvalue weighted by atomic mass is 10.2. The van der Waals surface area contributed by atoms with Gasteiger partial charge in [0.05, 0.1) is 6.10 Å². The Morgan fingerprint density at radius 2 is 2.22 bits per heavy atom. The SMILES string of the molecule is O=CN1CCN(C(=O)c2ccnc(NCC3CCCO3)n2)CC1. The van der Waals surface area contributed by atoms with E-state index < -0.39 is 0 Å². The molecule has 1 aromatic heterocycles. The maximum Gasteiger partial charge on any atom is 0.272 e. The second-order valence-corrected chi connectivity index (χ2v) is 5.71. The molecule has 2 aliphatic heterocycles. The first kappa shape index (κ1) is 15.7. The van der Waals surface area contributed by atoms with Crippen molar-refractivity contribution in [1.82, 2.24) is 19.8 Å². The van der Waals surface area contributed by atoms with E-state index >= 15 is 0 Å². The molecule has 3 rings (SSSR count). The number of carbonyl (C=O) groups is 2. The Balaban J connectivity index is 1.57. The number of anilines is 1. The van der Waals surface area contributed by atoms with Crippen LogP contribution in [-0.2, 0) is 9.53 Å². The minimum atomic E-state index is -0.127. The largest absolute Gasteiger partial charge is 0.376 e. The third-order valence-corrected chi connectivity index (χ3v) is 4.14. The van der Waals surface area contributed by atoms with Gasteiger partial charge in [-0.15, -0.1) is 0 Å². The van der Waals surface area contributed by atoms with Crippen molar-refractivity contribution < 1.29 is 14.3 Å². The summed E-state index contributed by atoms with van der Waals surface area (Å²) in [4.78, 5) is 35.0. The quantitative estimate of drug-likeness (QED) is 0.768. The van der Waals surface area contributed by atoms with E-state index in [2.05, 4.69) is 15.3 Å². The van der Waals surface area contributed by atoms with E-state index in [1.807, 2.05) is 0 Å².